The molecule has 0 rings (SSSR count). The molecule has 0 spiro atoms. The Morgan fingerprint density at radius 3 is 1.67 bits per heavy atom. The van der Waals surface area contributed by atoms with Crippen molar-refractivity contribution >= 4 is 12.4 Å². The van der Waals surface area contributed by atoms with E-state index in [0.29, 0.717) is 6.61 Å². The average Bonchev–Trinajstić information content (AvgIpc) is 2.22. The summed E-state index contributed by atoms with van der Waals surface area (Å²) in [6, 6.07) is 0. The third-order valence-electron chi connectivity index (χ3n) is 0.543. The maximum Gasteiger partial charge on any atom is 0.307 e. The van der Waals surface area contributed by atoms with E-state index in [-0.39, 0.29) is 12.9 Å². The molecular weight excluding hydrogens is 208 g/mol. The van der Waals surface area contributed by atoms with Crippen LogP contribution in [-0.4, -0.2) is 34.4 Å². The summed E-state index contributed by atoms with van der Waals surface area (Å²) in [6.45, 7) is 5.22. The normalized spacial score (nSPS) is 6.00. The molecule has 7 heteroatoms. The first-order valence-corrected chi connectivity index (χ1v) is 3.78. The summed E-state index contributed by atoms with van der Waals surface area (Å²) in [5.41, 5.74) is 0. The lowest BCUT2D eigenvalue weighted by Crippen LogP contribution is -1.88. The molecule has 0 aromatic rings. The molecule has 0 saturated heterocycles. The van der Waals surface area contributed by atoms with Crippen LogP contribution < -0.4 is 0 Å². The molecule has 0 saturated carbocycles. The first-order chi connectivity index (χ1) is 7.10. The lowest BCUT2D eigenvalue weighted by Gasteiger charge is -1.75. The quantitative estimate of drug-likeness (QED) is 0.477. The molecule has 0 atom stereocenters. The Kier molecular flexibility index (Phi) is 61.5. The Morgan fingerprint density at radius 1 is 1.40 bits per heavy atom. The minimum absolute atomic E-state index is 0.0556. The molecule has 0 aliphatic rings. The molecule has 0 aromatic heterocycles. The number of hydrogen-bond acceptors (Lipinski definition) is 5. The Balaban J connectivity index is -0.0000000590. The number of aliphatic hydroxyl groups excluding tert-OH is 1. The van der Waals surface area contributed by atoms with Crippen LogP contribution in [0, 0.1) is 9.93 Å². The first kappa shape index (κ1) is 23.2. The molecule has 7 nitrogen and oxygen atoms in total. The van der Waals surface area contributed by atoms with Crippen molar-refractivity contribution in [2.24, 2.45) is 0 Å². The molecule has 0 unspecified atom stereocenters. The van der Waals surface area contributed by atoms with Gasteiger partial charge in [0.1, 0.15) is 0 Å². The van der Waals surface area contributed by atoms with Crippen molar-refractivity contribution < 1.29 is 24.9 Å². The third-order valence-corrected chi connectivity index (χ3v) is 0.543. The van der Waals surface area contributed by atoms with Gasteiger partial charge in [0.2, 0.25) is 0 Å². The average molecular weight is 224 g/mol. The van der Waals surface area contributed by atoms with Crippen LogP contribution in [0.25, 0.3) is 0 Å². The minimum Gasteiger partial charge on any atom is -0.483 e. The van der Waals surface area contributed by atoms with E-state index in [0.717, 1.165) is 6.42 Å². The smallest absolute Gasteiger partial charge is 0.307 e. The molecule has 0 aliphatic heterocycles. The Labute approximate surface area is 87.3 Å². The van der Waals surface area contributed by atoms with Crippen molar-refractivity contribution in [1.82, 2.24) is 0 Å². The van der Waals surface area contributed by atoms with Crippen molar-refractivity contribution in [3.63, 3.8) is 0 Å². The zero-order valence-corrected chi connectivity index (χ0v) is 8.46. The molecule has 0 heterocycles. The van der Waals surface area contributed by atoms with Gasteiger partial charge in [0.15, 0.2) is 0 Å². The van der Waals surface area contributed by atoms with Crippen LogP contribution in [-0.2, 0) is 9.59 Å². The van der Waals surface area contributed by atoms with Crippen LogP contribution in [0.5, 0.6) is 0 Å². The van der Waals surface area contributed by atoms with Gasteiger partial charge in [-0.1, -0.05) is 13.0 Å². The summed E-state index contributed by atoms with van der Waals surface area (Å²) in [4.78, 5) is 31.9. The predicted molar refractivity (Wildman–Crippen MR) is 55.3 cm³/mol. The highest BCUT2D eigenvalue weighted by Gasteiger charge is 1.84. The fourth-order valence-corrected chi connectivity index (χ4v) is 0.123. The van der Waals surface area contributed by atoms with Crippen LogP contribution in [0.15, 0.2) is 12.7 Å². The van der Waals surface area contributed by atoms with Gasteiger partial charge in [-0.15, -0.1) is 6.58 Å². The zero-order valence-electron chi connectivity index (χ0n) is 8.46. The molecule has 0 amide bonds. The van der Waals surface area contributed by atoms with E-state index in [4.69, 9.17) is 30.0 Å². The van der Waals surface area contributed by atoms with E-state index in [1.807, 2.05) is 6.92 Å². The van der Waals surface area contributed by atoms with Crippen LogP contribution in [0.1, 0.15) is 19.8 Å². The van der Waals surface area contributed by atoms with Gasteiger partial charge in [-0.3, -0.25) is 9.59 Å². The molecule has 0 radical (unpaired) electrons. The molecule has 0 aliphatic carbocycles. The Morgan fingerprint density at radius 2 is 1.67 bits per heavy atom. The number of aliphatic carboxylic acids is 1. The fourth-order valence-electron chi connectivity index (χ4n) is 0.123. The van der Waals surface area contributed by atoms with Crippen molar-refractivity contribution in [2.75, 3.05) is 6.61 Å². The molecule has 0 fully saturated rings. The van der Waals surface area contributed by atoms with E-state index in [1.165, 1.54) is 6.08 Å². The number of carbonyl (C=O) groups is 2. The van der Waals surface area contributed by atoms with Crippen molar-refractivity contribution in [3.8, 4) is 0 Å². The van der Waals surface area contributed by atoms with Gasteiger partial charge >= 0.3 is 5.97 Å². The van der Waals surface area contributed by atoms with Gasteiger partial charge in [-0.05, 0) is 6.42 Å². The Bertz CT molecular complexity index is 133. The van der Waals surface area contributed by atoms with Crippen LogP contribution in [0.3, 0.4) is 0 Å². The fraction of sp³-hybridized carbons (Fsp3) is 0.500. The Hall–Kier alpha value is -1.76. The molecule has 90 valence electrons. The van der Waals surface area contributed by atoms with E-state index in [9.17, 15) is 4.79 Å². The summed E-state index contributed by atoms with van der Waals surface area (Å²) in [6.07, 6.45) is 2.28. The van der Waals surface area contributed by atoms with Crippen molar-refractivity contribution in [1.29, 1.82) is 0 Å². The van der Waals surface area contributed by atoms with E-state index >= 15 is 0 Å². The number of carboxylic acid groups (broad SMARTS) is 2. The van der Waals surface area contributed by atoms with E-state index < -0.39 is 5.97 Å². The number of hydrogen-bond donors (Lipinski definition) is 3. The van der Waals surface area contributed by atoms with Crippen LogP contribution >= 0.6 is 0 Å². The largest absolute Gasteiger partial charge is 0.483 e. The van der Waals surface area contributed by atoms with E-state index in [1.54, 1.807) is 0 Å². The topological polar surface area (TPSA) is 129 Å². The molecular formula is C8H16O7. The second-order valence-corrected chi connectivity index (χ2v) is 1.72. The van der Waals surface area contributed by atoms with Gasteiger partial charge in [0.25, 0.3) is 6.47 Å². The second kappa shape index (κ2) is 39.7. The summed E-state index contributed by atoms with van der Waals surface area (Å²) in [7, 11) is 0. The van der Waals surface area contributed by atoms with Gasteiger partial charge < -0.3 is 15.3 Å². The first-order valence-electron chi connectivity index (χ1n) is 3.78. The van der Waals surface area contributed by atoms with Crippen molar-refractivity contribution in [3.05, 3.63) is 22.6 Å². The summed E-state index contributed by atoms with van der Waals surface area (Å²) < 4.78 is 0. The zero-order chi connectivity index (χ0) is 13.1. The lowest BCUT2D eigenvalue weighted by atomic mass is 10.4. The maximum atomic E-state index is 9.53. The highest BCUT2D eigenvalue weighted by Crippen LogP contribution is 1.74. The molecule has 0 bridgehead atoms. The SMILES string of the molecule is C=CCC(=O)O.CCCO.O=CO.O=O. The van der Waals surface area contributed by atoms with Crippen LogP contribution in [0.2, 0.25) is 0 Å². The number of carboxylic acids is 1. The lowest BCUT2D eigenvalue weighted by molar-refractivity contribution is -0.136. The number of rotatable bonds is 3. The second-order valence-electron chi connectivity index (χ2n) is 1.72. The van der Waals surface area contributed by atoms with Crippen molar-refractivity contribution in [2.45, 2.75) is 19.8 Å². The monoisotopic (exact) mass is 224 g/mol. The highest BCUT2D eigenvalue weighted by molar-refractivity contribution is 5.68. The van der Waals surface area contributed by atoms with Gasteiger partial charge in [0, 0.05) is 16.5 Å². The number of aliphatic hydroxyl groups is 1. The predicted octanol–water partition coefficient (Wildman–Crippen LogP) is 0.804. The van der Waals surface area contributed by atoms with Gasteiger partial charge in [0.05, 0.1) is 6.42 Å². The van der Waals surface area contributed by atoms with Gasteiger partial charge in [-0.2, -0.15) is 0 Å². The maximum absolute atomic E-state index is 9.53. The molecule has 3 N–H and O–H groups in total. The summed E-state index contributed by atoms with van der Waals surface area (Å²) >= 11 is 0. The van der Waals surface area contributed by atoms with E-state index in [2.05, 4.69) is 6.58 Å². The minimum atomic E-state index is -0.829. The third kappa shape index (κ3) is 256. The summed E-state index contributed by atoms with van der Waals surface area (Å²) in [5.74, 6) is -0.829. The summed E-state index contributed by atoms with van der Waals surface area (Å²) in [5, 5.41) is 22.6. The molecule has 15 heavy (non-hydrogen) atoms. The van der Waals surface area contributed by atoms with Gasteiger partial charge in [-0.25, -0.2) is 0 Å². The molecule has 0 aromatic carbocycles. The highest BCUT2D eigenvalue weighted by atomic mass is 16.7. The van der Waals surface area contributed by atoms with Crippen LogP contribution in [0.4, 0.5) is 0 Å². The standard InChI is InChI=1S/C4H6O2.C3H8O.CH2O2.O2/c1-2-3-4(5)6;1-2-3-4;2-1-3;1-2/h2H,1,3H2,(H,5,6);4H,2-3H2,1H3;1H,(H,2,3);.